The van der Waals surface area contributed by atoms with E-state index in [0.29, 0.717) is 65.6 Å². The number of piperazine rings is 1. The van der Waals surface area contributed by atoms with Crippen LogP contribution < -0.4 is 15.0 Å². The maximum Gasteiger partial charge on any atom is 0.323 e. The van der Waals surface area contributed by atoms with Gasteiger partial charge in [0.25, 0.3) is 5.88 Å². The van der Waals surface area contributed by atoms with Gasteiger partial charge in [0.15, 0.2) is 5.82 Å². The first kappa shape index (κ1) is 20.5. The van der Waals surface area contributed by atoms with Gasteiger partial charge in [-0.1, -0.05) is 35.3 Å². The van der Waals surface area contributed by atoms with Crippen LogP contribution in [-0.4, -0.2) is 53.7 Å². The van der Waals surface area contributed by atoms with Crippen molar-refractivity contribution in [3.8, 4) is 5.88 Å². The second kappa shape index (κ2) is 8.93. The van der Waals surface area contributed by atoms with Crippen molar-refractivity contribution in [2.45, 2.75) is 6.92 Å². The van der Waals surface area contributed by atoms with Crippen LogP contribution in [0.5, 0.6) is 5.88 Å². The van der Waals surface area contributed by atoms with E-state index in [-0.39, 0.29) is 6.03 Å². The number of benzene rings is 2. The number of anilines is 2. The minimum Gasteiger partial charge on any atom is -0.475 e. The number of carbonyl (C=O) groups excluding carboxylic acids is 1. The summed E-state index contributed by atoms with van der Waals surface area (Å²) in [4.78, 5) is 25.7. The smallest absolute Gasteiger partial charge is 0.323 e. The summed E-state index contributed by atoms with van der Waals surface area (Å²) in [5.41, 5.74) is 2.36. The molecule has 0 atom stereocenters. The third-order valence-corrected chi connectivity index (χ3v) is 5.26. The number of ether oxygens (including phenoxy) is 1. The van der Waals surface area contributed by atoms with E-state index in [9.17, 15) is 4.79 Å². The van der Waals surface area contributed by atoms with E-state index in [2.05, 4.69) is 20.2 Å². The fraction of sp³-hybridized carbons (Fsp3) is 0.286. The molecule has 0 bridgehead atoms. The Morgan fingerprint density at radius 3 is 2.30 bits per heavy atom. The van der Waals surface area contributed by atoms with Crippen LogP contribution in [0.4, 0.5) is 16.3 Å². The summed E-state index contributed by atoms with van der Waals surface area (Å²) in [6.07, 6.45) is 0. The van der Waals surface area contributed by atoms with E-state index >= 15 is 0 Å². The molecule has 0 aliphatic carbocycles. The molecule has 3 aromatic rings. The van der Waals surface area contributed by atoms with Crippen molar-refractivity contribution in [2.75, 3.05) is 43.0 Å². The highest BCUT2D eigenvalue weighted by atomic mass is 35.5. The first-order chi connectivity index (χ1) is 14.5. The molecule has 0 radical (unpaired) electrons. The third kappa shape index (κ3) is 4.52. The second-order valence-electron chi connectivity index (χ2n) is 6.83. The lowest BCUT2D eigenvalue weighted by molar-refractivity contribution is 0.208. The molecule has 0 unspecified atom stereocenters. The Bertz CT molecular complexity index is 1050. The summed E-state index contributed by atoms with van der Waals surface area (Å²) in [6.45, 7) is 4.75. The van der Waals surface area contributed by atoms with Crippen molar-refractivity contribution in [1.82, 2.24) is 14.9 Å². The molecule has 2 aromatic carbocycles. The maximum atomic E-state index is 12.8. The monoisotopic (exact) mass is 445 g/mol. The Hall–Kier alpha value is -2.77. The van der Waals surface area contributed by atoms with Gasteiger partial charge in [-0.3, -0.25) is 5.32 Å². The molecular weight excluding hydrogens is 425 g/mol. The summed E-state index contributed by atoms with van der Waals surface area (Å²) in [6, 6.07) is 12.7. The lowest BCUT2D eigenvalue weighted by atomic mass is 10.2. The number of urea groups is 1. The van der Waals surface area contributed by atoms with E-state index in [4.69, 9.17) is 27.9 Å². The summed E-state index contributed by atoms with van der Waals surface area (Å²) < 4.78 is 5.59. The Labute approximate surface area is 184 Å². The molecule has 1 aliphatic rings. The number of aromatic nitrogens is 2. The number of nitrogens with zero attached hydrogens (tertiary/aromatic N) is 4. The lowest BCUT2D eigenvalue weighted by Gasteiger charge is -2.36. The first-order valence-electron chi connectivity index (χ1n) is 9.70. The predicted octanol–water partition coefficient (Wildman–Crippen LogP) is 4.69. The molecule has 156 valence electrons. The number of hydrogen-bond acceptors (Lipinski definition) is 5. The van der Waals surface area contributed by atoms with Crippen molar-refractivity contribution in [2.24, 2.45) is 0 Å². The van der Waals surface area contributed by atoms with Gasteiger partial charge in [-0.05, 0) is 37.3 Å². The zero-order valence-corrected chi connectivity index (χ0v) is 18.0. The fourth-order valence-corrected chi connectivity index (χ4v) is 3.89. The molecule has 1 N–H and O–H groups in total. The summed E-state index contributed by atoms with van der Waals surface area (Å²) in [5, 5.41) is 4.04. The Kier molecular flexibility index (Phi) is 6.11. The molecule has 1 aliphatic heterocycles. The normalized spacial score (nSPS) is 14.1. The molecule has 1 aromatic heterocycles. The van der Waals surface area contributed by atoms with Gasteiger partial charge in [0.05, 0.1) is 17.6 Å². The fourth-order valence-electron chi connectivity index (χ4n) is 3.37. The molecule has 0 saturated carbocycles. The van der Waals surface area contributed by atoms with Crippen molar-refractivity contribution in [1.29, 1.82) is 0 Å². The van der Waals surface area contributed by atoms with Gasteiger partial charge in [0, 0.05) is 41.9 Å². The van der Waals surface area contributed by atoms with Crippen molar-refractivity contribution in [3.05, 3.63) is 52.5 Å². The van der Waals surface area contributed by atoms with Gasteiger partial charge in [0.2, 0.25) is 0 Å². The highest BCUT2D eigenvalue weighted by molar-refractivity contribution is 6.35. The molecule has 4 rings (SSSR count). The summed E-state index contributed by atoms with van der Waals surface area (Å²) >= 11 is 12.2. The van der Waals surface area contributed by atoms with E-state index < -0.39 is 0 Å². The molecule has 0 spiro atoms. The number of nitrogens with one attached hydrogen (secondary N) is 1. The number of rotatable bonds is 4. The van der Waals surface area contributed by atoms with Gasteiger partial charge >= 0.3 is 6.03 Å². The van der Waals surface area contributed by atoms with Gasteiger partial charge in [-0.15, -0.1) is 0 Å². The SMILES string of the molecule is CCOc1nc2ccccc2nc1NC(=O)N1CCN(c2cc(Cl)cc(Cl)c2)CC1. The number of hydrogen-bond donors (Lipinski definition) is 1. The number of amides is 2. The number of carbonyl (C=O) groups is 1. The van der Waals surface area contributed by atoms with Crippen LogP contribution in [0.2, 0.25) is 10.0 Å². The summed E-state index contributed by atoms with van der Waals surface area (Å²) in [5.74, 6) is 0.640. The van der Waals surface area contributed by atoms with Crippen LogP contribution in [0.1, 0.15) is 6.92 Å². The van der Waals surface area contributed by atoms with Gasteiger partial charge in [-0.25, -0.2) is 14.8 Å². The van der Waals surface area contributed by atoms with E-state index in [1.54, 1.807) is 11.0 Å². The zero-order valence-electron chi connectivity index (χ0n) is 16.4. The average Bonchev–Trinajstić information content (AvgIpc) is 2.73. The van der Waals surface area contributed by atoms with Crippen LogP contribution in [0.25, 0.3) is 11.0 Å². The van der Waals surface area contributed by atoms with E-state index in [1.165, 1.54) is 0 Å². The molecule has 2 amide bonds. The quantitative estimate of drug-likeness (QED) is 0.630. The molecule has 9 heteroatoms. The Morgan fingerprint density at radius 2 is 1.67 bits per heavy atom. The Balaban J connectivity index is 1.45. The van der Waals surface area contributed by atoms with Crippen LogP contribution in [0, 0.1) is 0 Å². The maximum absolute atomic E-state index is 12.8. The molecule has 2 heterocycles. The van der Waals surface area contributed by atoms with Crippen molar-refractivity contribution < 1.29 is 9.53 Å². The van der Waals surface area contributed by atoms with Gasteiger partial charge in [-0.2, -0.15) is 0 Å². The standard InChI is InChI=1S/C21H21Cl2N5O2/c1-2-30-20-19(24-17-5-3-4-6-18(17)25-20)26-21(29)28-9-7-27(8-10-28)16-12-14(22)11-15(23)13-16/h3-6,11-13H,2,7-10H2,1H3,(H,24,26,29). The number of para-hydroxylation sites is 2. The predicted molar refractivity (Wildman–Crippen MR) is 120 cm³/mol. The van der Waals surface area contributed by atoms with Crippen LogP contribution >= 0.6 is 23.2 Å². The highest BCUT2D eigenvalue weighted by Gasteiger charge is 2.23. The molecule has 1 saturated heterocycles. The first-order valence-corrected chi connectivity index (χ1v) is 10.5. The topological polar surface area (TPSA) is 70.6 Å². The largest absolute Gasteiger partial charge is 0.475 e. The van der Waals surface area contributed by atoms with Crippen molar-refractivity contribution in [3.63, 3.8) is 0 Å². The van der Waals surface area contributed by atoms with Gasteiger partial charge in [0.1, 0.15) is 0 Å². The van der Waals surface area contributed by atoms with E-state index in [1.807, 2.05) is 43.3 Å². The second-order valence-corrected chi connectivity index (χ2v) is 7.70. The molecular formula is C21H21Cl2N5O2. The minimum atomic E-state index is -0.232. The van der Waals surface area contributed by atoms with Crippen LogP contribution in [0.15, 0.2) is 42.5 Å². The van der Waals surface area contributed by atoms with Crippen LogP contribution in [-0.2, 0) is 0 Å². The molecule has 30 heavy (non-hydrogen) atoms. The van der Waals surface area contributed by atoms with Crippen LogP contribution in [0.3, 0.4) is 0 Å². The molecule has 7 nitrogen and oxygen atoms in total. The minimum absolute atomic E-state index is 0.232. The van der Waals surface area contributed by atoms with Gasteiger partial charge < -0.3 is 14.5 Å². The lowest BCUT2D eigenvalue weighted by Crippen LogP contribution is -2.50. The molecule has 1 fully saturated rings. The average molecular weight is 446 g/mol. The number of halogens is 2. The van der Waals surface area contributed by atoms with Crippen molar-refractivity contribution >= 4 is 51.8 Å². The Morgan fingerprint density at radius 1 is 1.03 bits per heavy atom. The summed E-state index contributed by atoms with van der Waals surface area (Å²) in [7, 11) is 0. The number of fused-ring (bicyclic) bond motifs is 1. The highest BCUT2D eigenvalue weighted by Crippen LogP contribution is 2.27. The van der Waals surface area contributed by atoms with E-state index in [0.717, 1.165) is 5.69 Å². The zero-order chi connectivity index (χ0) is 21.1. The third-order valence-electron chi connectivity index (χ3n) is 4.82.